The van der Waals surface area contributed by atoms with E-state index >= 15 is 0 Å². The van der Waals surface area contributed by atoms with Gasteiger partial charge in [0.2, 0.25) is 0 Å². The molecule has 0 aliphatic heterocycles. The molecule has 0 N–H and O–H groups in total. The summed E-state index contributed by atoms with van der Waals surface area (Å²) in [5, 5.41) is 1.65. The number of thioether (sulfide) groups is 1. The fraction of sp³-hybridized carbons (Fsp3) is 0.500. The second-order valence-corrected chi connectivity index (χ2v) is 7.08. The second-order valence-electron chi connectivity index (χ2n) is 5.91. The lowest BCUT2D eigenvalue weighted by molar-refractivity contribution is 0.184. The molecule has 3 rings (SSSR count). The van der Waals surface area contributed by atoms with Crippen LogP contribution in [0.15, 0.2) is 29.4 Å². The van der Waals surface area contributed by atoms with Gasteiger partial charge in [0.25, 0.3) is 0 Å². The van der Waals surface area contributed by atoms with Crippen molar-refractivity contribution in [3.05, 3.63) is 46.8 Å². The Morgan fingerprint density at radius 1 is 1.32 bits per heavy atom. The topological polar surface area (TPSA) is 27.1 Å². The molecular formula is C18H24N2OS. The maximum absolute atomic E-state index is 5.25. The molecule has 0 saturated carbocycles. The van der Waals surface area contributed by atoms with Crippen LogP contribution in [0, 0.1) is 13.8 Å². The van der Waals surface area contributed by atoms with Crippen molar-refractivity contribution in [2.45, 2.75) is 50.1 Å². The van der Waals surface area contributed by atoms with Crippen LogP contribution in [0.2, 0.25) is 0 Å². The molecule has 0 spiro atoms. The molecule has 3 nitrogen and oxygen atoms in total. The molecule has 0 fully saturated rings. The van der Waals surface area contributed by atoms with E-state index in [1.165, 1.54) is 36.1 Å². The molecule has 1 aliphatic rings. The second kappa shape index (κ2) is 6.88. The number of rotatable bonds is 5. The number of hydrogen-bond donors (Lipinski definition) is 0. The predicted octanol–water partition coefficient (Wildman–Crippen LogP) is 4.32. The van der Waals surface area contributed by atoms with Crippen molar-refractivity contribution < 1.29 is 4.74 Å². The predicted molar refractivity (Wildman–Crippen MR) is 91.6 cm³/mol. The van der Waals surface area contributed by atoms with E-state index in [-0.39, 0.29) is 0 Å². The van der Waals surface area contributed by atoms with Crippen LogP contribution in [-0.4, -0.2) is 23.3 Å². The molecule has 0 saturated heterocycles. The minimum absolute atomic E-state index is 0.521. The zero-order valence-electron chi connectivity index (χ0n) is 13.6. The molecule has 0 radical (unpaired) electrons. The van der Waals surface area contributed by atoms with Crippen molar-refractivity contribution in [1.29, 1.82) is 0 Å². The van der Waals surface area contributed by atoms with E-state index in [9.17, 15) is 0 Å². The van der Waals surface area contributed by atoms with Crippen LogP contribution in [0.1, 0.15) is 40.6 Å². The molecule has 0 unspecified atom stereocenters. The first-order valence-corrected chi connectivity index (χ1v) is 8.85. The SMILES string of the molecule is COCCn1c(S[C@@H]2CCCc3ccccc32)nc(C)c1C. The first-order chi connectivity index (χ1) is 10.7. The highest BCUT2D eigenvalue weighted by atomic mass is 32.2. The van der Waals surface area contributed by atoms with E-state index in [4.69, 9.17) is 9.72 Å². The number of fused-ring (bicyclic) bond motifs is 1. The molecule has 2 aromatic rings. The van der Waals surface area contributed by atoms with Gasteiger partial charge in [0.15, 0.2) is 5.16 Å². The molecule has 22 heavy (non-hydrogen) atoms. The van der Waals surface area contributed by atoms with E-state index in [0.717, 1.165) is 24.0 Å². The van der Waals surface area contributed by atoms with Gasteiger partial charge < -0.3 is 9.30 Å². The van der Waals surface area contributed by atoms with Gasteiger partial charge in [0.1, 0.15) is 0 Å². The molecule has 118 valence electrons. The number of aryl methyl sites for hydroxylation is 2. The molecule has 0 amide bonds. The number of methoxy groups -OCH3 is 1. The van der Waals surface area contributed by atoms with Gasteiger partial charge in [-0.2, -0.15) is 0 Å². The molecule has 1 aliphatic carbocycles. The summed E-state index contributed by atoms with van der Waals surface area (Å²) in [6, 6.07) is 8.87. The Balaban J connectivity index is 1.86. The summed E-state index contributed by atoms with van der Waals surface area (Å²) in [6.07, 6.45) is 3.71. The number of nitrogens with zero attached hydrogens (tertiary/aromatic N) is 2. The summed E-state index contributed by atoms with van der Waals surface area (Å²) in [4.78, 5) is 4.80. The number of imidazole rings is 1. The standard InChI is InChI=1S/C18H24N2OS/c1-13-14(2)20(11-12-21-3)18(19-13)22-17-10-6-8-15-7-4-5-9-16(15)17/h4-5,7,9,17H,6,8,10-12H2,1-3H3/t17-/m1/s1. The third kappa shape index (κ3) is 3.08. The molecule has 4 heteroatoms. The van der Waals surface area contributed by atoms with Crippen molar-refractivity contribution in [3.63, 3.8) is 0 Å². The molecule has 1 atom stereocenters. The first-order valence-electron chi connectivity index (χ1n) is 7.98. The van der Waals surface area contributed by atoms with E-state index in [2.05, 4.69) is 42.7 Å². The third-order valence-electron chi connectivity index (χ3n) is 4.50. The number of hydrogen-bond acceptors (Lipinski definition) is 3. The maximum atomic E-state index is 5.25. The van der Waals surface area contributed by atoms with Gasteiger partial charge in [-0.05, 0) is 44.2 Å². The van der Waals surface area contributed by atoms with Crippen LogP contribution in [0.3, 0.4) is 0 Å². The fourth-order valence-corrected chi connectivity index (χ4v) is 4.56. The number of ether oxygens (including phenoxy) is 1. The van der Waals surface area contributed by atoms with E-state index < -0.39 is 0 Å². The normalized spacial score (nSPS) is 17.5. The molecule has 1 heterocycles. The van der Waals surface area contributed by atoms with E-state index in [0.29, 0.717) is 5.25 Å². The monoisotopic (exact) mass is 316 g/mol. The van der Waals surface area contributed by atoms with Gasteiger partial charge in [-0.15, -0.1) is 0 Å². The summed E-state index contributed by atoms with van der Waals surface area (Å²) >= 11 is 1.92. The highest BCUT2D eigenvalue weighted by molar-refractivity contribution is 7.99. The third-order valence-corrected chi connectivity index (χ3v) is 5.80. The molecular weight excluding hydrogens is 292 g/mol. The van der Waals surface area contributed by atoms with Gasteiger partial charge >= 0.3 is 0 Å². The maximum Gasteiger partial charge on any atom is 0.169 e. The highest BCUT2D eigenvalue weighted by Crippen LogP contribution is 2.43. The summed E-state index contributed by atoms with van der Waals surface area (Å²) in [6.45, 7) is 5.85. The molecule has 1 aromatic carbocycles. The zero-order valence-corrected chi connectivity index (χ0v) is 14.4. The van der Waals surface area contributed by atoms with Gasteiger partial charge in [-0.1, -0.05) is 36.0 Å². The Morgan fingerprint density at radius 3 is 2.95 bits per heavy atom. The van der Waals surface area contributed by atoms with Crippen LogP contribution in [-0.2, 0) is 17.7 Å². The average Bonchev–Trinajstić information content (AvgIpc) is 2.80. The number of aromatic nitrogens is 2. The van der Waals surface area contributed by atoms with Gasteiger partial charge in [-0.25, -0.2) is 4.98 Å². The quantitative estimate of drug-likeness (QED) is 0.822. The van der Waals surface area contributed by atoms with Crippen LogP contribution in [0.4, 0.5) is 0 Å². The largest absolute Gasteiger partial charge is 0.383 e. The van der Waals surface area contributed by atoms with Gasteiger partial charge in [0.05, 0.1) is 12.3 Å². The minimum atomic E-state index is 0.521. The Bertz CT molecular complexity index is 651. The number of benzene rings is 1. The summed E-state index contributed by atoms with van der Waals surface area (Å²) < 4.78 is 7.56. The van der Waals surface area contributed by atoms with Crippen molar-refractivity contribution in [2.75, 3.05) is 13.7 Å². The molecule has 1 aromatic heterocycles. The summed E-state index contributed by atoms with van der Waals surface area (Å²) in [5.41, 5.74) is 5.39. The lowest BCUT2D eigenvalue weighted by atomic mass is 9.91. The lowest BCUT2D eigenvalue weighted by Crippen LogP contribution is -2.10. The summed E-state index contributed by atoms with van der Waals surface area (Å²) in [5.74, 6) is 0. The van der Waals surface area contributed by atoms with Crippen LogP contribution < -0.4 is 0 Å². The summed E-state index contributed by atoms with van der Waals surface area (Å²) in [7, 11) is 1.75. The van der Waals surface area contributed by atoms with Crippen LogP contribution in [0.25, 0.3) is 0 Å². The Morgan fingerprint density at radius 2 is 2.14 bits per heavy atom. The highest BCUT2D eigenvalue weighted by Gasteiger charge is 2.23. The van der Waals surface area contributed by atoms with Crippen molar-refractivity contribution in [3.8, 4) is 0 Å². The van der Waals surface area contributed by atoms with Crippen LogP contribution >= 0.6 is 11.8 Å². The molecule has 0 bridgehead atoms. The van der Waals surface area contributed by atoms with E-state index in [1.54, 1.807) is 7.11 Å². The smallest absolute Gasteiger partial charge is 0.169 e. The van der Waals surface area contributed by atoms with Gasteiger partial charge in [0, 0.05) is 24.6 Å². The Kier molecular flexibility index (Phi) is 4.89. The van der Waals surface area contributed by atoms with Crippen molar-refractivity contribution in [2.24, 2.45) is 0 Å². The first kappa shape index (κ1) is 15.6. The Labute approximate surface area is 137 Å². The Hall–Kier alpha value is -1.26. The van der Waals surface area contributed by atoms with Crippen molar-refractivity contribution in [1.82, 2.24) is 9.55 Å². The fourth-order valence-electron chi connectivity index (χ4n) is 3.12. The van der Waals surface area contributed by atoms with Crippen molar-refractivity contribution >= 4 is 11.8 Å². The van der Waals surface area contributed by atoms with Crippen LogP contribution in [0.5, 0.6) is 0 Å². The van der Waals surface area contributed by atoms with Gasteiger partial charge in [-0.3, -0.25) is 0 Å². The van der Waals surface area contributed by atoms with E-state index in [1.807, 2.05) is 11.8 Å². The minimum Gasteiger partial charge on any atom is -0.383 e. The zero-order chi connectivity index (χ0) is 15.5. The average molecular weight is 316 g/mol. The lowest BCUT2D eigenvalue weighted by Gasteiger charge is -2.25.